The van der Waals surface area contributed by atoms with Gasteiger partial charge in [0.05, 0.1) is 11.6 Å². The lowest BCUT2D eigenvalue weighted by Crippen LogP contribution is -2.13. The van der Waals surface area contributed by atoms with Crippen LogP contribution in [0.15, 0.2) is 75.6 Å². The van der Waals surface area contributed by atoms with E-state index in [9.17, 15) is 18.5 Å². The number of anilines is 1. The van der Waals surface area contributed by atoms with Crippen molar-refractivity contribution in [3.8, 4) is 17.6 Å². The molecule has 0 aliphatic rings. The van der Waals surface area contributed by atoms with Gasteiger partial charge in [0.1, 0.15) is 16.5 Å². The summed E-state index contributed by atoms with van der Waals surface area (Å²) in [6.07, 6.45) is 1.37. The van der Waals surface area contributed by atoms with Crippen molar-refractivity contribution in [1.29, 1.82) is 5.26 Å². The molecule has 0 spiro atoms. The Morgan fingerprint density at radius 3 is 2.47 bits per heavy atom. The summed E-state index contributed by atoms with van der Waals surface area (Å²) >= 11 is 5.42. The average Bonchev–Trinajstić information content (AvgIpc) is 2.79. The Balaban J connectivity index is 1.91. The van der Waals surface area contributed by atoms with Gasteiger partial charge in [0.25, 0.3) is 5.91 Å². The summed E-state index contributed by atoms with van der Waals surface area (Å²) < 4.78 is 37.3. The van der Waals surface area contributed by atoms with E-state index in [2.05, 4.69) is 43.8 Å². The largest absolute Gasteiger partial charge is 0.493 e. The van der Waals surface area contributed by atoms with E-state index in [-0.39, 0.29) is 26.4 Å². The van der Waals surface area contributed by atoms with Crippen molar-refractivity contribution in [2.24, 2.45) is 0 Å². The Morgan fingerprint density at radius 2 is 1.85 bits per heavy atom. The Bertz CT molecular complexity index is 1410. The number of rotatable bonds is 7. The summed E-state index contributed by atoms with van der Waals surface area (Å²) in [5.74, 6) is -0.532. The molecule has 7 nitrogen and oxygen atoms in total. The zero-order chi connectivity index (χ0) is 24.9. The molecule has 0 heterocycles. The number of hydrogen-bond donors (Lipinski definition) is 1. The number of nitrogens with zero attached hydrogens (tertiary/aromatic N) is 1. The predicted molar refractivity (Wildman–Crippen MR) is 141 cm³/mol. The van der Waals surface area contributed by atoms with Crippen LogP contribution in [0.1, 0.15) is 11.1 Å². The van der Waals surface area contributed by atoms with Crippen molar-refractivity contribution in [3.05, 3.63) is 85.4 Å². The van der Waals surface area contributed by atoms with E-state index >= 15 is 0 Å². The van der Waals surface area contributed by atoms with Gasteiger partial charge in [-0.3, -0.25) is 4.79 Å². The van der Waals surface area contributed by atoms with Gasteiger partial charge >= 0.3 is 10.1 Å². The SMILES string of the molecule is COc1cc(/C=C(\C#N)C(=O)Nc2cccc(I)c2)cc(Br)c1OS(=O)(=O)c1ccc(C)cc1. The molecule has 3 aromatic carbocycles. The van der Waals surface area contributed by atoms with Crippen LogP contribution < -0.4 is 14.2 Å². The van der Waals surface area contributed by atoms with Gasteiger partial charge < -0.3 is 14.2 Å². The van der Waals surface area contributed by atoms with Crippen LogP contribution >= 0.6 is 38.5 Å². The lowest BCUT2D eigenvalue weighted by molar-refractivity contribution is -0.112. The molecule has 1 N–H and O–H groups in total. The molecule has 0 fully saturated rings. The molecule has 0 aromatic heterocycles. The smallest absolute Gasteiger partial charge is 0.339 e. The monoisotopic (exact) mass is 652 g/mol. The minimum absolute atomic E-state index is 0.00460. The summed E-state index contributed by atoms with van der Waals surface area (Å²) in [6.45, 7) is 1.85. The highest BCUT2D eigenvalue weighted by molar-refractivity contribution is 14.1. The molecule has 10 heteroatoms. The molecule has 174 valence electrons. The molecule has 0 saturated carbocycles. The summed E-state index contributed by atoms with van der Waals surface area (Å²) in [5, 5.41) is 12.2. The van der Waals surface area contributed by atoms with Crippen LogP contribution in [0.2, 0.25) is 0 Å². The van der Waals surface area contributed by atoms with Crippen LogP contribution in [0.4, 0.5) is 5.69 Å². The molecule has 1 amide bonds. The van der Waals surface area contributed by atoms with Crippen molar-refractivity contribution in [2.45, 2.75) is 11.8 Å². The van der Waals surface area contributed by atoms with E-state index in [0.29, 0.717) is 11.3 Å². The molecule has 3 rings (SSSR count). The average molecular weight is 653 g/mol. The van der Waals surface area contributed by atoms with E-state index < -0.39 is 16.0 Å². The molecular formula is C24H18BrIN2O5S. The molecule has 0 aliphatic carbocycles. The standard InChI is InChI=1S/C24H18BrIN2O5S/c1-15-6-8-20(9-7-15)34(30,31)33-23-21(25)11-16(12-22(23)32-2)10-17(14-27)24(29)28-19-5-3-4-18(26)13-19/h3-13H,1-2H3,(H,28,29)/b17-10+. The van der Waals surface area contributed by atoms with Crippen molar-refractivity contribution in [2.75, 3.05) is 12.4 Å². The number of amides is 1. The number of nitriles is 1. The number of aryl methyl sites for hydroxylation is 1. The number of benzene rings is 3. The Labute approximate surface area is 219 Å². The molecule has 0 bridgehead atoms. The van der Waals surface area contributed by atoms with Crippen LogP contribution in [0.5, 0.6) is 11.5 Å². The number of methoxy groups -OCH3 is 1. The van der Waals surface area contributed by atoms with Gasteiger partial charge in [0.15, 0.2) is 11.5 Å². The number of halogens is 2. The fraction of sp³-hybridized carbons (Fsp3) is 0.0833. The van der Waals surface area contributed by atoms with Gasteiger partial charge in [-0.15, -0.1) is 0 Å². The van der Waals surface area contributed by atoms with Crippen molar-refractivity contribution in [3.63, 3.8) is 0 Å². The molecule has 0 radical (unpaired) electrons. The van der Waals surface area contributed by atoms with Gasteiger partial charge in [-0.25, -0.2) is 0 Å². The highest BCUT2D eigenvalue weighted by Gasteiger charge is 2.22. The molecule has 3 aromatic rings. The molecule has 0 unspecified atom stereocenters. The normalized spacial score (nSPS) is 11.4. The van der Waals surface area contributed by atoms with Crippen LogP contribution in [0.25, 0.3) is 6.08 Å². The number of hydrogen-bond acceptors (Lipinski definition) is 6. The highest BCUT2D eigenvalue weighted by atomic mass is 127. The van der Waals surface area contributed by atoms with E-state index in [4.69, 9.17) is 8.92 Å². The minimum atomic E-state index is -4.12. The molecule has 0 aliphatic heterocycles. The second-order valence-electron chi connectivity index (χ2n) is 7.02. The van der Waals surface area contributed by atoms with E-state index in [0.717, 1.165) is 9.13 Å². The summed E-state index contributed by atoms with van der Waals surface area (Å²) in [4.78, 5) is 12.6. The lowest BCUT2D eigenvalue weighted by Gasteiger charge is -2.14. The predicted octanol–water partition coefficient (Wildman–Crippen LogP) is 5.68. The maximum absolute atomic E-state index is 12.7. The first-order chi connectivity index (χ1) is 16.1. The summed E-state index contributed by atoms with van der Waals surface area (Å²) in [6, 6.07) is 18.3. The maximum Gasteiger partial charge on any atom is 0.339 e. The van der Waals surface area contributed by atoms with Gasteiger partial charge in [-0.1, -0.05) is 23.8 Å². The fourth-order valence-corrected chi connectivity index (χ4v) is 4.99. The fourth-order valence-electron chi connectivity index (χ4n) is 2.85. The van der Waals surface area contributed by atoms with Gasteiger partial charge in [0, 0.05) is 9.26 Å². The third-order valence-corrected chi connectivity index (χ3v) is 7.01. The highest BCUT2D eigenvalue weighted by Crippen LogP contribution is 2.39. The first-order valence-corrected chi connectivity index (χ1v) is 13.0. The van der Waals surface area contributed by atoms with E-state index in [1.807, 2.05) is 19.1 Å². The van der Waals surface area contributed by atoms with E-state index in [1.54, 1.807) is 30.3 Å². The number of nitrogens with one attached hydrogen (secondary N) is 1. The molecule has 0 atom stereocenters. The van der Waals surface area contributed by atoms with Crippen molar-refractivity contribution < 1.29 is 22.1 Å². The van der Waals surface area contributed by atoms with Gasteiger partial charge in [0.2, 0.25) is 0 Å². The van der Waals surface area contributed by atoms with Crippen LogP contribution in [0, 0.1) is 21.8 Å². The lowest BCUT2D eigenvalue weighted by atomic mass is 10.1. The topological polar surface area (TPSA) is 105 Å². The molecule has 34 heavy (non-hydrogen) atoms. The molecule has 0 saturated heterocycles. The quantitative estimate of drug-likeness (QED) is 0.152. The number of carbonyl (C=O) groups is 1. The number of ether oxygens (including phenoxy) is 1. The zero-order valence-electron chi connectivity index (χ0n) is 18.0. The first kappa shape index (κ1) is 25.7. The second kappa shape index (κ2) is 11.0. The Hall–Kier alpha value is -2.88. The Kier molecular flexibility index (Phi) is 8.35. The maximum atomic E-state index is 12.7. The molecular weight excluding hydrogens is 635 g/mol. The van der Waals surface area contributed by atoms with Crippen molar-refractivity contribution >= 4 is 66.3 Å². The van der Waals surface area contributed by atoms with Gasteiger partial charge in [-0.05, 0) is 99.5 Å². The summed E-state index contributed by atoms with van der Waals surface area (Å²) in [5.41, 5.74) is 1.75. The van der Waals surface area contributed by atoms with Crippen molar-refractivity contribution in [1.82, 2.24) is 0 Å². The first-order valence-electron chi connectivity index (χ1n) is 9.70. The van der Waals surface area contributed by atoms with Crippen LogP contribution in [0.3, 0.4) is 0 Å². The minimum Gasteiger partial charge on any atom is -0.493 e. The van der Waals surface area contributed by atoms with E-state index in [1.165, 1.54) is 37.5 Å². The van der Waals surface area contributed by atoms with Crippen LogP contribution in [-0.4, -0.2) is 21.4 Å². The zero-order valence-corrected chi connectivity index (χ0v) is 22.6. The summed E-state index contributed by atoms with van der Waals surface area (Å²) in [7, 11) is -2.76. The third-order valence-electron chi connectivity index (χ3n) is 4.51. The Morgan fingerprint density at radius 1 is 1.15 bits per heavy atom. The second-order valence-corrected chi connectivity index (χ2v) is 10.7. The number of carbonyl (C=O) groups excluding carboxylic acids is 1. The third kappa shape index (κ3) is 6.37. The van der Waals surface area contributed by atoms with Crippen LogP contribution in [-0.2, 0) is 14.9 Å². The van der Waals surface area contributed by atoms with Gasteiger partial charge in [-0.2, -0.15) is 13.7 Å².